The zero-order valence-corrected chi connectivity index (χ0v) is 9.89. The number of carbonyl (C=O) groups excluding carboxylic acids is 1. The predicted molar refractivity (Wildman–Crippen MR) is 61.7 cm³/mol. The van der Waals surface area contributed by atoms with Gasteiger partial charge >= 0.3 is 5.97 Å². The number of allylic oxidation sites excluding steroid dienone is 2. The normalized spacial score (nSPS) is 43.7. The van der Waals surface area contributed by atoms with Crippen molar-refractivity contribution >= 4 is 5.97 Å². The van der Waals surface area contributed by atoms with Crippen LogP contribution in [0.1, 0.15) is 39.0 Å². The van der Waals surface area contributed by atoms with Crippen molar-refractivity contribution < 1.29 is 9.53 Å². The van der Waals surface area contributed by atoms with E-state index in [1.807, 2.05) is 6.92 Å². The highest BCUT2D eigenvalue weighted by atomic mass is 16.5. The molecule has 16 heavy (non-hydrogen) atoms. The first-order valence-electron chi connectivity index (χ1n) is 6.65. The van der Waals surface area contributed by atoms with Crippen molar-refractivity contribution in [2.75, 3.05) is 0 Å². The minimum atomic E-state index is 0.0126. The predicted octanol–water partition coefficient (Wildman–Crippen LogP) is 2.93. The van der Waals surface area contributed by atoms with Gasteiger partial charge in [-0.3, -0.25) is 4.79 Å². The molecule has 5 unspecified atom stereocenters. The van der Waals surface area contributed by atoms with Gasteiger partial charge in [0.05, 0.1) is 0 Å². The van der Waals surface area contributed by atoms with Gasteiger partial charge in [-0.2, -0.15) is 0 Å². The Hall–Kier alpha value is -0.790. The molecule has 0 heterocycles. The van der Waals surface area contributed by atoms with Crippen molar-refractivity contribution in [3.63, 3.8) is 0 Å². The minimum absolute atomic E-state index is 0.0126. The molecule has 2 saturated carbocycles. The Kier molecular flexibility index (Phi) is 2.53. The van der Waals surface area contributed by atoms with Gasteiger partial charge in [0, 0.05) is 12.3 Å². The van der Waals surface area contributed by atoms with E-state index in [1.165, 1.54) is 12.8 Å². The lowest BCUT2D eigenvalue weighted by molar-refractivity contribution is -0.152. The van der Waals surface area contributed by atoms with Crippen molar-refractivity contribution in [2.45, 2.75) is 45.1 Å². The first-order valence-corrected chi connectivity index (χ1v) is 6.65. The van der Waals surface area contributed by atoms with Crippen molar-refractivity contribution in [3.05, 3.63) is 12.2 Å². The van der Waals surface area contributed by atoms with E-state index in [-0.39, 0.29) is 12.1 Å². The molecular weight excluding hydrogens is 200 g/mol. The molecular formula is C14H20O2. The Morgan fingerprint density at radius 2 is 2.25 bits per heavy atom. The third kappa shape index (κ3) is 1.50. The molecule has 3 rings (SSSR count). The van der Waals surface area contributed by atoms with Gasteiger partial charge in [-0.05, 0) is 43.4 Å². The molecule has 2 nitrogen and oxygen atoms in total. The summed E-state index contributed by atoms with van der Waals surface area (Å²) in [4.78, 5) is 11.5. The monoisotopic (exact) mass is 220 g/mol. The van der Waals surface area contributed by atoms with Gasteiger partial charge in [-0.15, -0.1) is 0 Å². The van der Waals surface area contributed by atoms with Gasteiger partial charge in [0.2, 0.25) is 0 Å². The molecule has 0 aromatic rings. The average Bonchev–Trinajstić information content (AvgIpc) is 2.86. The van der Waals surface area contributed by atoms with E-state index in [4.69, 9.17) is 4.74 Å². The summed E-state index contributed by atoms with van der Waals surface area (Å²) in [5.74, 6) is 3.07. The smallest absolute Gasteiger partial charge is 0.306 e. The summed E-state index contributed by atoms with van der Waals surface area (Å²) in [5.41, 5.74) is 0. The second-order valence-electron chi connectivity index (χ2n) is 5.58. The molecule has 88 valence electrons. The molecule has 0 radical (unpaired) electrons. The van der Waals surface area contributed by atoms with Crippen LogP contribution in [0, 0.1) is 23.7 Å². The molecule has 2 heteroatoms. The van der Waals surface area contributed by atoms with Crippen LogP contribution in [0.15, 0.2) is 12.2 Å². The lowest BCUT2D eigenvalue weighted by Crippen LogP contribution is -2.32. The fraction of sp³-hybridized carbons (Fsp3) is 0.786. The van der Waals surface area contributed by atoms with Crippen LogP contribution in [0.4, 0.5) is 0 Å². The van der Waals surface area contributed by atoms with Crippen LogP contribution in [0.2, 0.25) is 0 Å². The van der Waals surface area contributed by atoms with Crippen LogP contribution >= 0.6 is 0 Å². The summed E-state index contributed by atoms with van der Waals surface area (Å²) in [6, 6.07) is 0. The quantitative estimate of drug-likeness (QED) is 0.540. The van der Waals surface area contributed by atoms with Crippen LogP contribution in [0.3, 0.4) is 0 Å². The summed E-state index contributed by atoms with van der Waals surface area (Å²) in [6.45, 7) is 2.03. The van der Waals surface area contributed by atoms with Gasteiger partial charge < -0.3 is 4.74 Å². The second-order valence-corrected chi connectivity index (χ2v) is 5.58. The average molecular weight is 220 g/mol. The van der Waals surface area contributed by atoms with Gasteiger partial charge in [0.1, 0.15) is 6.10 Å². The highest BCUT2D eigenvalue weighted by Gasteiger charge is 2.53. The SMILES string of the molecule is CCCC(=O)OC1CC2CC1C1C=CCC21. The summed E-state index contributed by atoms with van der Waals surface area (Å²) in [7, 11) is 0. The maximum atomic E-state index is 11.5. The maximum absolute atomic E-state index is 11.5. The fourth-order valence-corrected chi connectivity index (χ4v) is 4.05. The zero-order valence-electron chi connectivity index (χ0n) is 9.89. The van der Waals surface area contributed by atoms with Crippen LogP contribution in [-0.4, -0.2) is 12.1 Å². The van der Waals surface area contributed by atoms with Crippen LogP contribution in [0.5, 0.6) is 0 Å². The Balaban J connectivity index is 1.63. The van der Waals surface area contributed by atoms with Crippen LogP contribution < -0.4 is 0 Å². The highest BCUT2D eigenvalue weighted by molar-refractivity contribution is 5.69. The molecule has 0 aromatic carbocycles. The Bertz CT molecular complexity index is 321. The van der Waals surface area contributed by atoms with Crippen molar-refractivity contribution in [1.82, 2.24) is 0 Å². The van der Waals surface area contributed by atoms with Crippen molar-refractivity contribution in [2.24, 2.45) is 23.7 Å². The summed E-state index contributed by atoms with van der Waals surface area (Å²) >= 11 is 0. The lowest BCUT2D eigenvalue weighted by Gasteiger charge is -2.30. The van der Waals surface area contributed by atoms with E-state index in [1.54, 1.807) is 0 Å². The zero-order chi connectivity index (χ0) is 11.1. The van der Waals surface area contributed by atoms with Crippen molar-refractivity contribution in [1.29, 1.82) is 0 Å². The number of esters is 1. The Labute approximate surface area is 97.1 Å². The van der Waals surface area contributed by atoms with E-state index in [0.29, 0.717) is 12.3 Å². The number of hydrogen-bond donors (Lipinski definition) is 0. The molecule has 2 fully saturated rings. The standard InChI is InChI=1S/C14H20O2/c1-2-4-14(15)16-13-8-9-7-12(13)11-6-3-5-10(9)11/h3,6,9-13H,2,4-5,7-8H2,1H3. The van der Waals surface area contributed by atoms with E-state index in [9.17, 15) is 4.79 Å². The first-order chi connectivity index (χ1) is 7.79. The van der Waals surface area contributed by atoms with Gasteiger partial charge in [0.25, 0.3) is 0 Å². The van der Waals surface area contributed by atoms with Gasteiger partial charge in [0.15, 0.2) is 0 Å². The van der Waals surface area contributed by atoms with E-state index < -0.39 is 0 Å². The molecule has 3 aliphatic carbocycles. The molecule has 0 spiro atoms. The van der Waals surface area contributed by atoms with Crippen LogP contribution in [-0.2, 0) is 9.53 Å². The Morgan fingerprint density at radius 3 is 3.06 bits per heavy atom. The molecule has 0 amide bonds. The Morgan fingerprint density at radius 1 is 1.38 bits per heavy atom. The molecule has 2 bridgehead atoms. The molecule has 5 atom stereocenters. The molecule has 0 aromatic heterocycles. The van der Waals surface area contributed by atoms with Gasteiger partial charge in [-0.25, -0.2) is 0 Å². The number of hydrogen-bond acceptors (Lipinski definition) is 2. The summed E-state index contributed by atoms with van der Waals surface area (Å²) < 4.78 is 5.62. The van der Waals surface area contributed by atoms with Gasteiger partial charge in [-0.1, -0.05) is 19.1 Å². The largest absolute Gasteiger partial charge is 0.462 e. The third-order valence-electron chi connectivity index (χ3n) is 4.69. The van der Waals surface area contributed by atoms with Crippen molar-refractivity contribution in [3.8, 4) is 0 Å². The number of ether oxygens (including phenoxy) is 1. The summed E-state index contributed by atoms with van der Waals surface area (Å²) in [6.07, 6.45) is 10.1. The lowest BCUT2D eigenvalue weighted by atomic mass is 9.80. The van der Waals surface area contributed by atoms with E-state index >= 15 is 0 Å². The fourth-order valence-electron chi connectivity index (χ4n) is 4.05. The minimum Gasteiger partial charge on any atom is -0.462 e. The second kappa shape index (κ2) is 3.90. The maximum Gasteiger partial charge on any atom is 0.306 e. The molecule has 0 aliphatic heterocycles. The number of carbonyl (C=O) groups is 1. The molecule has 0 N–H and O–H groups in total. The third-order valence-corrected chi connectivity index (χ3v) is 4.69. The van der Waals surface area contributed by atoms with Crippen LogP contribution in [0.25, 0.3) is 0 Å². The molecule has 3 aliphatic rings. The first kappa shape index (κ1) is 10.4. The number of fused-ring (bicyclic) bond motifs is 5. The topological polar surface area (TPSA) is 26.3 Å². The van der Waals surface area contributed by atoms with E-state index in [0.717, 1.165) is 30.6 Å². The number of rotatable bonds is 3. The van der Waals surface area contributed by atoms with E-state index in [2.05, 4.69) is 12.2 Å². The highest BCUT2D eigenvalue weighted by Crippen LogP contribution is 2.57. The summed E-state index contributed by atoms with van der Waals surface area (Å²) in [5, 5.41) is 0. The molecule has 0 saturated heterocycles.